The fourth-order valence-corrected chi connectivity index (χ4v) is 2.07. The molecule has 1 aromatic rings. The third kappa shape index (κ3) is 6.06. The zero-order valence-corrected chi connectivity index (χ0v) is 13.2. The SMILES string of the molecule is CCOc1ccccc1C[NH+](C)CC(=O)NC(C)(C)C. The van der Waals surface area contributed by atoms with Crippen LogP contribution in [-0.2, 0) is 11.3 Å². The summed E-state index contributed by atoms with van der Waals surface area (Å²) in [6.45, 7) is 9.83. The molecule has 0 aliphatic carbocycles. The molecule has 0 aliphatic heterocycles. The quantitative estimate of drug-likeness (QED) is 0.816. The standard InChI is InChI=1S/C16H26N2O2/c1-6-20-14-10-8-7-9-13(14)11-18(5)12-15(19)17-16(2,3)4/h7-10H,6,11-12H2,1-5H3,(H,17,19)/p+1. The second-order valence-corrected chi connectivity index (χ2v) is 6.15. The van der Waals surface area contributed by atoms with Gasteiger partial charge in [-0.15, -0.1) is 0 Å². The lowest BCUT2D eigenvalue weighted by Crippen LogP contribution is -3.09. The molecule has 4 nitrogen and oxygen atoms in total. The van der Waals surface area contributed by atoms with Crippen molar-refractivity contribution in [1.82, 2.24) is 5.32 Å². The van der Waals surface area contributed by atoms with E-state index in [2.05, 4.69) is 11.4 Å². The normalized spacial score (nSPS) is 12.8. The molecule has 1 rings (SSSR count). The second kappa shape index (κ2) is 7.29. The minimum Gasteiger partial charge on any atom is -0.493 e. The number of carbonyl (C=O) groups is 1. The highest BCUT2D eigenvalue weighted by Gasteiger charge is 2.18. The van der Waals surface area contributed by atoms with E-state index in [4.69, 9.17) is 4.74 Å². The molecule has 0 saturated heterocycles. The highest BCUT2D eigenvalue weighted by atomic mass is 16.5. The van der Waals surface area contributed by atoms with Crippen LogP contribution in [-0.4, -0.2) is 31.6 Å². The fraction of sp³-hybridized carbons (Fsp3) is 0.562. The average Bonchev–Trinajstić information content (AvgIpc) is 2.29. The number of hydrogen-bond donors (Lipinski definition) is 2. The summed E-state index contributed by atoms with van der Waals surface area (Å²) in [5.41, 5.74) is 0.955. The maximum Gasteiger partial charge on any atom is 0.275 e. The van der Waals surface area contributed by atoms with Crippen molar-refractivity contribution in [2.75, 3.05) is 20.2 Å². The molecule has 0 saturated carbocycles. The second-order valence-electron chi connectivity index (χ2n) is 6.15. The number of hydrogen-bond acceptors (Lipinski definition) is 2. The first kappa shape index (κ1) is 16.5. The summed E-state index contributed by atoms with van der Waals surface area (Å²) in [6, 6.07) is 7.99. The van der Waals surface area contributed by atoms with Crippen LogP contribution in [0.4, 0.5) is 0 Å². The molecule has 1 unspecified atom stereocenters. The van der Waals surface area contributed by atoms with Gasteiger partial charge in [0.25, 0.3) is 5.91 Å². The van der Waals surface area contributed by atoms with Crippen LogP contribution in [0.1, 0.15) is 33.3 Å². The monoisotopic (exact) mass is 279 g/mol. The first-order valence-corrected chi connectivity index (χ1v) is 7.15. The Bertz CT molecular complexity index is 438. The van der Waals surface area contributed by atoms with Gasteiger partial charge in [0.05, 0.1) is 13.7 Å². The van der Waals surface area contributed by atoms with Gasteiger partial charge in [0.15, 0.2) is 6.54 Å². The number of amides is 1. The smallest absolute Gasteiger partial charge is 0.275 e. The van der Waals surface area contributed by atoms with Crippen molar-refractivity contribution in [2.45, 2.75) is 39.8 Å². The summed E-state index contributed by atoms with van der Waals surface area (Å²) >= 11 is 0. The molecule has 1 atom stereocenters. The number of nitrogens with one attached hydrogen (secondary N) is 2. The summed E-state index contributed by atoms with van der Waals surface area (Å²) in [5, 5.41) is 2.98. The van der Waals surface area contributed by atoms with Crippen LogP contribution in [0.25, 0.3) is 0 Å². The summed E-state index contributed by atoms with van der Waals surface area (Å²) in [7, 11) is 2.02. The summed E-state index contributed by atoms with van der Waals surface area (Å²) < 4.78 is 5.61. The molecular formula is C16H27N2O2+. The largest absolute Gasteiger partial charge is 0.493 e. The molecule has 0 heterocycles. The lowest BCUT2D eigenvalue weighted by atomic mass is 10.1. The Morgan fingerprint density at radius 1 is 1.30 bits per heavy atom. The molecule has 0 radical (unpaired) electrons. The number of likely N-dealkylation sites (N-methyl/N-ethyl adjacent to an activating group) is 1. The Labute approximate surface area is 122 Å². The highest BCUT2D eigenvalue weighted by Crippen LogP contribution is 2.16. The third-order valence-electron chi connectivity index (χ3n) is 2.74. The van der Waals surface area contributed by atoms with E-state index in [1.165, 1.54) is 0 Å². The van der Waals surface area contributed by atoms with E-state index in [1.807, 2.05) is 52.9 Å². The van der Waals surface area contributed by atoms with Crippen molar-refractivity contribution in [2.24, 2.45) is 0 Å². The minimum absolute atomic E-state index is 0.0730. The summed E-state index contributed by atoms with van der Waals surface area (Å²) in [4.78, 5) is 13.0. The van der Waals surface area contributed by atoms with Crippen LogP contribution >= 0.6 is 0 Å². The fourth-order valence-electron chi connectivity index (χ4n) is 2.07. The number of carbonyl (C=O) groups excluding carboxylic acids is 1. The van der Waals surface area contributed by atoms with E-state index < -0.39 is 0 Å². The van der Waals surface area contributed by atoms with Crippen LogP contribution in [0, 0.1) is 0 Å². The first-order valence-electron chi connectivity index (χ1n) is 7.15. The van der Waals surface area contributed by atoms with Crippen LogP contribution in [0.3, 0.4) is 0 Å². The number of benzene rings is 1. The van der Waals surface area contributed by atoms with E-state index in [9.17, 15) is 4.79 Å². The third-order valence-corrected chi connectivity index (χ3v) is 2.74. The van der Waals surface area contributed by atoms with Gasteiger partial charge in [-0.3, -0.25) is 4.79 Å². The van der Waals surface area contributed by atoms with Gasteiger partial charge in [-0.25, -0.2) is 0 Å². The number of ether oxygens (including phenoxy) is 1. The van der Waals surface area contributed by atoms with E-state index in [1.54, 1.807) is 0 Å². The zero-order chi connectivity index (χ0) is 15.2. The molecule has 2 N–H and O–H groups in total. The molecule has 0 spiro atoms. The lowest BCUT2D eigenvalue weighted by molar-refractivity contribution is -0.885. The van der Waals surface area contributed by atoms with E-state index in [-0.39, 0.29) is 11.4 Å². The number of quaternary nitrogens is 1. The van der Waals surface area contributed by atoms with Gasteiger partial charge in [-0.1, -0.05) is 12.1 Å². The molecule has 0 fully saturated rings. The molecule has 0 bridgehead atoms. The zero-order valence-electron chi connectivity index (χ0n) is 13.2. The summed E-state index contributed by atoms with van der Waals surface area (Å²) in [5.74, 6) is 0.981. The Balaban J connectivity index is 2.58. The van der Waals surface area contributed by atoms with Gasteiger partial charge in [0.1, 0.15) is 12.3 Å². The van der Waals surface area contributed by atoms with Crippen molar-refractivity contribution in [3.63, 3.8) is 0 Å². The topological polar surface area (TPSA) is 42.8 Å². The lowest BCUT2D eigenvalue weighted by Gasteiger charge is -2.22. The van der Waals surface area contributed by atoms with E-state index in [0.29, 0.717) is 13.2 Å². The Kier molecular flexibility index (Phi) is 6.02. The summed E-state index contributed by atoms with van der Waals surface area (Å²) in [6.07, 6.45) is 0. The molecule has 112 valence electrons. The van der Waals surface area contributed by atoms with Crippen molar-refractivity contribution in [1.29, 1.82) is 0 Å². The Morgan fingerprint density at radius 2 is 1.95 bits per heavy atom. The van der Waals surface area contributed by atoms with Gasteiger partial charge in [-0.05, 0) is 39.8 Å². The number of para-hydroxylation sites is 1. The Morgan fingerprint density at radius 3 is 2.55 bits per heavy atom. The molecule has 20 heavy (non-hydrogen) atoms. The van der Waals surface area contributed by atoms with Crippen molar-refractivity contribution in [3.05, 3.63) is 29.8 Å². The van der Waals surface area contributed by atoms with Crippen molar-refractivity contribution < 1.29 is 14.4 Å². The molecule has 1 aromatic carbocycles. The Hall–Kier alpha value is -1.55. The predicted molar refractivity (Wildman–Crippen MR) is 81.0 cm³/mol. The van der Waals surface area contributed by atoms with Gasteiger partial charge < -0.3 is 15.0 Å². The maximum absolute atomic E-state index is 11.9. The van der Waals surface area contributed by atoms with Gasteiger partial charge in [-0.2, -0.15) is 0 Å². The predicted octanol–water partition coefficient (Wildman–Crippen LogP) is 1.01. The van der Waals surface area contributed by atoms with Gasteiger partial charge in [0.2, 0.25) is 0 Å². The van der Waals surface area contributed by atoms with Crippen molar-refractivity contribution >= 4 is 5.91 Å². The maximum atomic E-state index is 11.9. The van der Waals surface area contributed by atoms with Crippen LogP contribution in [0.5, 0.6) is 5.75 Å². The minimum atomic E-state index is -0.180. The molecule has 0 aromatic heterocycles. The van der Waals surface area contributed by atoms with Crippen LogP contribution in [0.15, 0.2) is 24.3 Å². The van der Waals surface area contributed by atoms with Crippen molar-refractivity contribution in [3.8, 4) is 5.75 Å². The van der Waals surface area contributed by atoms with Gasteiger partial charge in [0, 0.05) is 11.1 Å². The van der Waals surface area contributed by atoms with E-state index >= 15 is 0 Å². The average molecular weight is 279 g/mol. The molecular weight excluding hydrogens is 252 g/mol. The van der Waals surface area contributed by atoms with Crippen LogP contribution in [0.2, 0.25) is 0 Å². The van der Waals surface area contributed by atoms with Gasteiger partial charge >= 0.3 is 0 Å². The van der Waals surface area contributed by atoms with Crippen LogP contribution < -0.4 is 15.0 Å². The molecule has 4 heteroatoms. The molecule has 1 amide bonds. The first-order chi connectivity index (χ1) is 9.31. The molecule has 0 aliphatic rings. The number of rotatable bonds is 6. The van der Waals surface area contributed by atoms with E-state index in [0.717, 1.165) is 22.8 Å². The highest BCUT2D eigenvalue weighted by molar-refractivity contribution is 5.77.